The summed E-state index contributed by atoms with van der Waals surface area (Å²) in [5, 5.41) is 13.7. The molecule has 2 aromatic heterocycles. The molecule has 1 aliphatic carbocycles. The van der Waals surface area contributed by atoms with Crippen molar-refractivity contribution < 1.29 is 5.11 Å². The summed E-state index contributed by atoms with van der Waals surface area (Å²) >= 11 is 0. The Balaban J connectivity index is 1.63. The van der Waals surface area contributed by atoms with E-state index in [2.05, 4.69) is 26.3 Å². The summed E-state index contributed by atoms with van der Waals surface area (Å²) in [6.45, 7) is 0. The average molecular weight is 304 g/mol. The van der Waals surface area contributed by atoms with Crippen molar-refractivity contribution in [1.29, 1.82) is 0 Å². The van der Waals surface area contributed by atoms with Crippen LogP contribution in [0.3, 0.4) is 0 Å². The molecule has 23 heavy (non-hydrogen) atoms. The van der Waals surface area contributed by atoms with E-state index < -0.39 is 6.10 Å². The van der Waals surface area contributed by atoms with Crippen molar-refractivity contribution in [3.63, 3.8) is 0 Å². The summed E-state index contributed by atoms with van der Waals surface area (Å²) in [6.07, 6.45) is 5.37. The number of fused-ring (bicyclic) bond motifs is 1. The lowest BCUT2D eigenvalue weighted by atomic mass is 10.1. The number of aliphatic hydroxyl groups is 1. The van der Waals surface area contributed by atoms with Crippen molar-refractivity contribution >= 4 is 5.82 Å². The first kappa shape index (κ1) is 13.8. The number of rotatable bonds is 3. The second-order valence-corrected chi connectivity index (χ2v) is 5.59. The summed E-state index contributed by atoms with van der Waals surface area (Å²) in [5.74, 6) is 1.34. The van der Waals surface area contributed by atoms with Crippen LogP contribution in [0.25, 0.3) is 11.4 Å². The molecule has 0 aliphatic heterocycles. The normalized spacial score (nSPS) is 19.3. The number of hydrogen-bond acceptors (Lipinski definition) is 5. The van der Waals surface area contributed by atoms with E-state index >= 15 is 0 Å². The molecule has 2 atom stereocenters. The maximum Gasteiger partial charge on any atom is 0.161 e. The van der Waals surface area contributed by atoms with Gasteiger partial charge < -0.3 is 10.4 Å². The standard InChI is InChI=1S/C18H16N4O/c23-15-11-13-3-1-2-4-14(13)17(15)21-16-7-10-20-18(22-16)12-5-8-19-9-6-12/h1-10,15,17,23H,11H2,(H,20,21,22)/t15-,17+/m1/s1. The van der Waals surface area contributed by atoms with Crippen molar-refractivity contribution in [1.82, 2.24) is 15.0 Å². The number of aliphatic hydroxyl groups excluding tert-OH is 1. The van der Waals surface area contributed by atoms with Gasteiger partial charge in [-0.15, -0.1) is 0 Å². The van der Waals surface area contributed by atoms with E-state index in [9.17, 15) is 5.11 Å². The second-order valence-electron chi connectivity index (χ2n) is 5.59. The molecule has 2 heterocycles. The van der Waals surface area contributed by atoms with Crippen LogP contribution in [0.4, 0.5) is 5.82 Å². The number of nitrogens with zero attached hydrogens (tertiary/aromatic N) is 3. The molecule has 0 saturated heterocycles. The van der Waals surface area contributed by atoms with Crippen LogP contribution < -0.4 is 5.32 Å². The van der Waals surface area contributed by atoms with E-state index in [1.54, 1.807) is 18.6 Å². The quantitative estimate of drug-likeness (QED) is 0.778. The van der Waals surface area contributed by atoms with Crippen molar-refractivity contribution in [3.8, 4) is 11.4 Å². The number of nitrogens with one attached hydrogen (secondary N) is 1. The van der Waals surface area contributed by atoms with Crippen LogP contribution >= 0.6 is 0 Å². The topological polar surface area (TPSA) is 70.9 Å². The highest BCUT2D eigenvalue weighted by atomic mass is 16.3. The third-order valence-corrected chi connectivity index (χ3v) is 4.10. The Hall–Kier alpha value is -2.79. The molecule has 2 N–H and O–H groups in total. The van der Waals surface area contributed by atoms with Crippen LogP contribution in [0.15, 0.2) is 61.1 Å². The van der Waals surface area contributed by atoms with E-state index in [4.69, 9.17) is 0 Å². The van der Waals surface area contributed by atoms with Crippen molar-refractivity contribution in [2.24, 2.45) is 0 Å². The molecule has 0 saturated carbocycles. The summed E-state index contributed by atoms with van der Waals surface area (Å²) in [4.78, 5) is 12.9. The van der Waals surface area contributed by atoms with Crippen LogP contribution in [-0.4, -0.2) is 26.2 Å². The first-order valence-electron chi connectivity index (χ1n) is 7.57. The molecule has 0 unspecified atom stereocenters. The fraction of sp³-hybridized carbons (Fsp3) is 0.167. The van der Waals surface area contributed by atoms with Gasteiger partial charge in [0.05, 0.1) is 12.1 Å². The number of aromatic nitrogens is 3. The lowest BCUT2D eigenvalue weighted by molar-refractivity contribution is 0.165. The highest BCUT2D eigenvalue weighted by Crippen LogP contribution is 2.33. The molecular weight excluding hydrogens is 288 g/mol. The molecule has 4 rings (SSSR count). The highest BCUT2D eigenvalue weighted by molar-refractivity contribution is 5.56. The predicted molar refractivity (Wildman–Crippen MR) is 87.8 cm³/mol. The number of benzene rings is 1. The molecule has 1 aliphatic rings. The van der Waals surface area contributed by atoms with Crippen LogP contribution in [0, 0.1) is 0 Å². The maximum atomic E-state index is 10.3. The summed E-state index contributed by atoms with van der Waals surface area (Å²) in [6, 6.07) is 13.5. The first-order valence-corrected chi connectivity index (χ1v) is 7.57. The van der Waals surface area contributed by atoms with Gasteiger partial charge in [-0.1, -0.05) is 24.3 Å². The van der Waals surface area contributed by atoms with Crippen LogP contribution in [0.2, 0.25) is 0 Å². The van der Waals surface area contributed by atoms with Gasteiger partial charge in [0.2, 0.25) is 0 Å². The fourth-order valence-corrected chi connectivity index (χ4v) is 2.99. The first-order chi connectivity index (χ1) is 11.3. The predicted octanol–water partition coefficient (Wildman–Crippen LogP) is 2.61. The van der Waals surface area contributed by atoms with Gasteiger partial charge in [0.1, 0.15) is 5.82 Å². The Bertz CT molecular complexity index is 822. The van der Waals surface area contributed by atoms with E-state index in [-0.39, 0.29) is 6.04 Å². The molecule has 3 aromatic rings. The Kier molecular flexibility index (Phi) is 3.48. The highest BCUT2D eigenvalue weighted by Gasteiger charge is 2.30. The minimum atomic E-state index is -0.452. The summed E-state index contributed by atoms with van der Waals surface area (Å²) in [7, 11) is 0. The zero-order valence-electron chi connectivity index (χ0n) is 12.4. The smallest absolute Gasteiger partial charge is 0.161 e. The van der Waals surface area contributed by atoms with Gasteiger partial charge in [-0.3, -0.25) is 4.98 Å². The third kappa shape index (κ3) is 2.66. The summed E-state index contributed by atoms with van der Waals surface area (Å²) in [5.41, 5.74) is 3.22. The fourth-order valence-electron chi connectivity index (χ4n) is 2.99. The Morgan fingerprint density at radius 3 is 2.70 bits per heavy atom. The zero-order chi connectivity index (χ0) is 15.6. The molecule has 114 valence electrons. The van der Waals surface area contributed by atoms with E-state index in [0.29, 0.717) is 18.1 Å². The monoisotopic (exact) mass is 304 g/mol. The molecule has 1 aromatic carbocycles. The Morgan fingerprint density at radius 1 is 1.00 bits per heavy atom. The molecule has 0 radical (unpaired) electrons. The Morgan fingerprint density at radius 2 is 1.83 bits per heavy atom. The molecule has 5 nitrogen and oxygen atoms in total. The lowest BCUT2D eigenvalue weighted by Gasteiger charge is -2.18. The molecule has 5 heteroatoms. The SMILES string of the molecule is O[C@@H]1Cc2ccccc2[C@@H]1Nc1ccnc(-c2ccncc2)n1. The summed E-state index contributed by atoms with van der Waals surface area (Å²) < 4.78 is 0. The zero-order valence-corrected chi connectivity index (χ0v) is 12.4. The molecule has 0 spiro atoms. The third-order valence-electron chi connectivity index (χ3n) is 4.10. The van der Waals surface area contributed by atoms with Crippen LogP contribution in [0.1, 0.15) is 17.2 Å². The minimum Gasteiger partial charge on any atom is -0.390 e. The lowest BCUT2D eigenvalue weighted by Crippen LogP contribution is -2.21. The Labute approximate surface area is 134 Å². The van der Waals surface area contributed by atoms with Gasteiger partial charge in [0.15, 0.2) is 5.82 Å². The van der Waals surface area contributed by atoms with Gasteiger partial charge in [-0.05, 0) is 29.3 Å². The molecule has 0 bridgehead atoms. The van der Waals surface area contributed by atoms with Crippen LogP contribution in [0.5, 0.6) is 0 Å². The number of pyridine rings is 1. The van der Waals surface area contributed by atoms with Gasteiger partial charge in [-0.2, -0.15) is 0 Å². The van der Waals surface area contributed by atoms with Crippen molar-refractivity contribution in [2.45, 2.75) is 18.6 Å². The van der Waals surface area contributed by atoms with Crippen molar-refractivity contribution in [2.75, 3.05) is 5.32 Å². The van der Waals surface area contributed by atoms with Gasteiger partial charge in [0.25, 0.3) is 0 Å². The maximum absolute atomic E-state index is 10.3. The molecular formula is C18H16N4O. The number of hydrogen-bond donors (Lipinski definition) is 2. The second kappa shape index (κ2) is 5.78. The average Bonchev–Trinajstić information content (AvgIpc) is 2.92. The van der Waals surface area contributed by atoms with Crippen LogP contribution in [-0.2, 0) is 6.42 Å². The van der Waals surface area contributed by atoms with E-state index in [1.807, 2.05) is 36.4 Å². The largest absolute Gasteiger partial charge is 0.390 e. The molecule has 0 fully saturated rings. The minimum absolute atomic E-state index is 0.147. The van der Waals surface area contributed by atoms with Gasteiger partial charge in [-0.25, -0.2) is 9.97 Å². The molecule has 0 amide bonds. The van der Waals surface area contributed by atoms with Gasteiger partial charge >= 0.3 is 0 Å². The van der Waals surface area contributed by atoms with E-state index in [1.165, 1.54) is 5.56 Å². The van der Waals surface area contributed by atoms with E-state index in [0.717, 1.165) is 11.1 Å². The van der Waals surface area contributed by atoms with Crippen molar-refractivity contribution in [3.05, 3.63) is 72.2 Å². The number of anilines is 1. The van der Waals surface area contributed by atoms with Gasteiger partial charge in [0, 0.05) is 30.6 Å².